The maximum absolute atomic E-state index is 14.5. The molecule has 4 rings (SSSR count). The largest absolute Gasteiger partial charge is 0.366 e. The van der Waals surface area contributed by atoms with Crippen molar-refractivity contribution >= 4 is 40.3 Å². The first-order chi connectivity index (χ1) is 16.7. The molecule has 0 saturated heterocycles. The third-order valence-electron chi connectivity index (χ3n) is 5.17. The van der Waals surface area contributed by atoms with Gasteiger partial charge in [-0.15, -0.1) is 0 Å². The summed E-state index contributed by atoms with van der Waals surface area (Å²) in [5, 5.41) is 2.84. The van der Waals surface area contributed by atoms with Gasteiger partial charge in [0.15, 0.2) is 11.5 Å². The molecule has 2 heterocycles. The highest BCUT2D eigenvalue weighted by Crippen LogP contribution is 2.27. The Bertz CT molecular complexity index is 1600. The molecule has 0 aliphatic rings. The lowest BCUT2D eigenvalue weighted by atomic mass is 10.2. The lowest BCUT2D eigenvalue weighted by Crippen LogP contribution is -2.37. The lowest BCUT2D eigenvalue weighted by Gasteiger charge is -2.12. The number of thioether (sulfide) groups is 1. The highest BCUT2D eigenvalue weighted by molar-refractivity contribution is 8.00. The zero-order chi connectivity index (χ0) is 25.3. The second-order valence-corrected chi connectivity index (χ2v) is 8.48. The third kappa shape index (κ3) is 4.68. The fourth-order valence-electron chi connectivity index (χ4n) is 3.35. The second kappa shape index (κ2) is 9.50. The Labute approximate surface area is 201 Å². The van der Waals surface area contributed by atoms with Gasteiger partial charge in [-0.2, -0.15) is 0 Å². The van der Waals surface area contributed by atoms with Crippen LogP contribution in [0.25, 0.3) is 22.4 Å². The van der Waals surface area contributed by atoms with E-state index in [2.05, 4.69) is 15.3 Å². The number of nitrogens with one attached hydrogen (secondary N) is 1. The van der Waals surface area contributed by atoms with Gasteiger partial charge in [-0.3, -0.25) is 23.5 Å². The number of nitrogens with two attached hydrogens (primary N) is 1. The van der Waals surface area contributed by atoms with Crippen molar-refractivity contribution in [2.75, 3.05) is 11.1 Å². The molecule has 0 spiro atoms. The molecule has 2 aromatic carbocycles. The summed E-state index contributed by atoms with van der Waals surface area (Å²) in [6.07, 6.45) is 0. The molecular weight excluding hydrogens is 475 g/mol. The number of rotatable bonds is 6. The van der Waals surface area contributed by atoms with E-state index >= 15 is 0 Å². The van der Waals surface area contributed by atoms with Crippen LogP contribution < -0.4 is 22.3 Å². The quantitative estimate of drug-likeness (QED) is 0.307. The van der Waals surface area contributed by atoms with Crippen LogP contribution in [0.2, 0.25) is 0 Å². The Hall–Kier alpha value is -4.32. The Morgan fingerprint density at radius 1 is 1.03 bits per heavy atom. The molecule has 0 radical (unpaired) electrons. The number of nitrogens with zero attached hydrogens (tertiary/aromatic N) is 4. The molecule has 0 aliphatic heterocycles. The molecule has 2 amide bonds. The van der Waals surface area contributed by atoms with Crippen LogP contribution in [0.1, 0.15) is 10.4 Å². The molecular formula is C23H19FN6O4S. The molecule has 178 valence electrons. The summed E-state index contributed by atoms with van der Waals surface area (Å²) < 4.78 is 16.5. The molecule has 12 heteroatoms. The van der Waals surface area contributed by atoms with Crippen molar-refractivity contribution in [3.63, 3.8) is 0 Å². The van der Waals surface area contributed by atoms with Gasteiger partial charge in [0.25, 0.3) is 5.56 Å². The van der Waals surface area contributed by atoms with Gasteiger partial charge in [0, 0.05) is 25.3 Å². The smallest absolute Gasteiger partial charge is 0.332 e. The van der Waals surface area contributed by atoms with Crippen LogP contribution in [-0.2, 0) is 18.9 Å². The van der Waals surface area contributed by atoms with Gasteiger partial charge in [0.05, 0.1) is 11.3 Å². The number of halogens is 1. The predicted octanol–water partition coefficient (Wildman–Crippen LogP) is 1.66. The number of aromatic nitrogens is 4. The normalized spacial score (nSPS) is 10.9. The van der Waals surface area contributed by atoms with E-state index in [4.69, 9.17) is 5.73 Å². The van der Waals surface area contributed by atoms with Crippen molar-refractivity contribution in [1.82, 2.24) is 19.1 Å². The van der Waals surface area contributed by atoms with Gasteiger partial charge in [-0.25, -0.2) is 19.2 Å². The van der Waals surface area contributed by atoms with Gasteiger partial charge >= 0.3 is 5.69 Å². The van der Waals surface area contributed by atoms with Crippen LogP contribution in [0.5, 0.6) is 0 Å². The average molecular weight is 495 g/mol. The molecule has 35 heavy (non-hydrogen) atoms. The number of anilines is 1. The van der Waals surface area contributed by atoms with E-state index in [1.165, 1.54) is 61.1 Å². The van der Waals surface area contributed by atoms with Gasteiger partial charge < -0.3 is 11.1 Å². The minimum atomic E-state index is -0.631. The molecule has 2 aromatic heterocycles. The Morgan fingerprint density at radius 3 is 2.37 bits per heavy atom. The van der Waals surface area contributed by atoms with E-state index in [9.17, 15) is 23.6 Å². The number of fused-ring (bicyclic) bond motifs is 1. The molecule has 0 unspecified atom stereocenters. The summed E-state index contributed by atoms with van der Waals surface area (Å²) in [6, 6.07) is 11.9. The minimum Gasteiger partial charge on any atom is -0.366 e. The van der Waals surface area contributed by atoms with E-state index in [1.54, 1.807) is 6.07 Å². The number of hydrogen-bond acceptors (Lipinski definition) is 7. The van der Waals surface area contributed by atoms with Crippen molar-refractivity contribution in [3.8, 4) is 11.4 Å². The Kier molecular flexibility index (Phi) is 6.47. The maximum Gasteiger partial charge on any atom is 0.332 e. The molecule has 0 saturated carbocycles. The summed E-state index contributed by atoms with van der Waals surface area (Å²) in [4.78, 5) is 57.8. The van der Waals surface area contributed by atoms with Crippen molar-refractivity contribution < 1.29 is 14.0 Å². The van der Waals surface area contributed by atoms with Crippen molar-refractivity contribution in [2.45, 2.75) is 5.03 Å². The van der Waals surface area contributed by atoms with Crippen molar-refractivity contribution in [2.24, 2.45) is 19.8 Å². The summed E-state index contributed by atoms with van der Waals surface area (Å²) >= 11 is 0.949. The topological polar surface area (TPSA) is 142 Å². The summed E-state index contributed by atoms with van der Waals surface area (Å²) in [7, 11) is 2.77. The Balaban J connectivity index is 1.72. The van der Waals surface area contributed by atoms with Gasteiger partial charge in [-0.05, 0) is 36.4 Å². The van der Waals surface area contributed by atoms with Crippen LogP contribution >= 0.6 is 11.8 Å². The average Bonchev–Trinajstić information content (AvgIpc) is 2.85. The third-order valence-corrected chi connectivity index (χ3v) is 6.15. The van der Waals surface area contributed by atoms with Crippen LogP contribution in [0.4, 0.5) is 10.1 Å². The maximum atomic E-state index is 14.5. The summed E-state index contributed by atoms with van der Waals surface area (Å²) in [5.41, 5.74) is 4.83. The van der Waals surface area contributed by atoms with Crippen molar-refractivity contribution in [1.29, 1.82) is 0 Å². The van der Waals surface area contributed by atoms with Crippen LogP contribution in [0.3, 0.4) is 0 Å². The standard InChI is InChI=1S/C23H19FN6O4S/c1-29-20-17(22(33)30(2)23(29)34)21(28-19(27-20)14-5-3-4-6-15(14)24)35-11-16(31)26-13-9-7-12(8-10-13)18(25)32/h3-10H,11H2,1-2H3,(H2,25,32)(H,26,31). The first-order valence-electron chi connectivity index (χ1n) is 10.2. The highest BCUT2D eigenvalue weighted by atomic mass is 32.2. The monoisotopic (exact) mass is 494 g/mol. The summed E-state index contributed by atoms with van der Waals surface area (Å²) in [5.74, 6) is -1.75. The number of benzene rings is 2. The molecule has 0 fully saturated rings. The molecule has 0 bridgehead atoms. The number of aryl methyl sites for hydroxylation is 1. The highest BCUT2D eigenvalue weighted by Gasteiger charge is 2.20. The second-order valence-electron chi connectivity index (χ2n) is 7.52. The lowest BCUT2D eigenvalue weighted by molar-refractivity contribution is -0.113. The Morgan fingerprint density at radius 2 is 1.71 bits per heavy atom. The molecule has 4 aromatic rings. The molecule has 0 aliphatic carbocycles. The number of amides is 2. The number of hydrogen-bond donors (Lipinski definition) is 2. The summed E-state index contributed by atoms with van der Waals surface area (Å²) in [6.45, 7) is 0. The van der Waals surface area contributed by atoms with Gasteiger partial charge in [-0.1, -0.05) is 23.9 Å². The van der Waals surface area contributed by atoms with E-state index in [0.717, 1.165) is 16.3 Å². The number of carbonyl (C=O) groups is 2. The fourth-order valence-corrected chi connectivity index (χ4v) is 4.16. The van der Waals surface area contributed by atoms with Gasteiger partial charge in [0.1, 0.15) is 16.2 Å². The van der Waals surface area contributed by atoms with E-state index in [0.29, 0.717) is 11.3 Å². The number of carbonyl (C=O) groups excluding carboxylic acids is 2. The van der Waals surface area contributed by atoms with Crippen LogP contribution in [-0.4, -0.2) is 36.7 Å². The van der Waals surface area contributed by atoms with Crippen LogP contribution in [0, 0.1) is 5.82 Å². The zero-order valence-electron chi connectivity index (χ0n) is 18.6. The fraction of sp³-hybridized carbons (Fsp3) is 0.130. The first kappa shape index (κ1) is 23.8. The van der Waals surface area contributed by atoms with E-state index in [-0.39, 0.29) is 33.2 Å². The number of primary amides is 1. The minimum absolute atomic E-state index is 0.0243. The zero-order valence-corrected chi connectivity index (χ0v) is 19.4. The van der Waals surface area contributed by atoms with E-state index in [1.807, 2.05) is 0 Å². The van der Waals surface area contributed by atoms with Gasteiger partial charge in [0.2, 0.25) is 11.8 Å². The predicted molar refractivity (Wildman–Crippen MR) is 130 cm³/mol. The van der Waals surface area contributed by atoms with Crippen molar-refractivity contribution in [3.05, 3.63) is 80.7 Å². The SMILES string of the molecule is Cn1c(=O)c2c(SCC(=O)Nc3ccc(C(N)=O)cc3)nc(-c3ccccc3F)nc2n(C)c1=O. The molecule has 0 atom stereocenters. The van der Waals surface area contributed by atoms with Crippen LogP contribution in [0.15, 0.2) is 63.1 Å². The van der Waals surface area contributed by atoms with E-state index < -0.39 is 28.9 Å². The molecule has 10 nitrogen and oxygen atoms in total. The first-order valence-corrected chi connectivity index (χ1v) is 11.2. The molecule has 3 N–H and O–H groups in total.